The van der Waals surface area contributed by atoms with Gasteiger partial charge in [-0.3, -0.25) is 4.79 Å². The lowest BCUT2D eigenvalue weighted by Gasteiger charge is -2.24. The summed E-state index contributed by atoms with van der Waals surface area (Å²) in [5, 5.41) is 0. The molecule has 0 aliphatic carbocycles. The van der Waals surface area contributed by atoms with Crippen LogP contribution in [0.15, 0.2) is 24.3 Å². The van der Waals surface area contributed by atoms with Crippen LogP contribution in [0.1, 0.15) is 6.42 Å². The van der Waals surface area contributed by atoms with Crippen molar-refractivity contribution in [2.45, 2.75) is 12.5 Å². The van der Waals surface area contributed by atoms with Gasteiger partial charge in [0.2, 0.25) is 0 Å². The van der Waals surface area contributed by atoms with Crippen LogP contribution in [0, 0.1) is 5.82 Å². The van der Waals surface area contributed by atoms with E-state index in [1.54, 1.807) is 12.1 Å². The van der Waals surface area contributed by atoms with E-state index in [1.165, 1.54) is 31.0 Å². The molecule has 3 nitrogen and oxygen atoms in total. The number of thioether (sulfide) groups is 1. The van der Waals surface area contributed by atoms with Gasteiger partial charge in [-0.1, -0.05) is 30.0 Å². The number of anilines is 1. The maximum absolute atomic E-state index is 13.2. The summed E-state index contributed by atoms with van der Waals surface area (Å²) in [5.41, 5.74) is 0.680. The summed E-state index contributed by atoms with van der Waals surface area (Å²) in [4.78, 5) is 13.2. The minimum absolute atomic E-state index is 0.0725. The number of thiocarbonyl (C=S) groups is 1. The number of carbonyl (C=O) groups excluding carboxylic acids is 1. The molecular weight excluding hydrogens is 273 g/mol. The van der Waals surface area contributed by atoms with Crippen LogP contribution in [-0.2, 0) is 9.53 Å². The molecule has 0 aromatic heterocycles. The van der Waals surface area contributed by atoms with Crippen molar-refractivity contribution in [1.29, 1.82) is 0 Å². The Morgan fingerprint density at radius 2 is 2.44 bits per heavy atom. The van der Waals surface area contributed by atoms with Gasteiger partial charge in [-0.15, -0.1) is 0 Å². The van der Waals surface area contributed by atoms with E-state index >= 15 is 0 Å². The Balaban J connectivity index is 2.22. The molecule has 1 fully saturated rings. The summed E-state index contributed by atoms with van der Waals surface area (Å²) in [5.74, 6) is 0.112. The van der Waals surface area contributed by atoms with Crippen LogP contribution in [0.4, 0.5) is 10.1 Å². The summed E-state index contributed by atoms with van der Waals surface area (Å²) in [7, 11) is 1.36. The maximum atomic E-state index is 13.2. The second-order valence-electron chi connectivity index (χ2n) is 3.86. The van der Waals surface area contributed by atoms with Gasteiger partial charge in [0.25, 0.3) is 0 Å². The molecule has 96 valence electrons. The third-order valence-corrected chi connectivity index (χ3v) is 4.22. The standard InChI is InChI=1S/C12H12FNO2S2/c1-16-11(15)6-10-7-18-12(17)14(10)9-4-2-3-8(13)5-9/h2-5,10H,6-7H2,1H3. The first-order valence-corrected chi connectivity index (χ1v) is 6.79. The van der Waals surface area contributed by atoms with Crippen molar-refractivity contribution in [3.8, 4) is 0 Å². The van der Waals surface area contributed by atoms with Crippen molar-refractivity contribution < 1.29 is 13.9 Å². The van der Waals surface area contributed by atoms with Gasteiger partial charge >= 0.3 is 5.97 Å². The second-order valence-corrected chi connectivity index (χ2v) is 5.51. The zero-order chi connectivity index (χ0) is 13.1. The van der Waals surface area contributed by atoms with E-state index in [1.807, 2.05) is 4.90 Å². The van der Waals surface area contributed by atoms with Gasteiger partial charge in [0, 0.05) is 11.4 Å². The van der Waals surface area contributed by atoms with Crippen molar-refractivity contribution in [3.05, 3.63) is 30.1 Å². The van der Waals surface area contributed by atoms with Crippen molar-refractivity contribution in [3.63, 3.8) is 0 Å². The number of rotatable bonds is 3. The number of hydrogen-bond acceptors (Lipinski definition) is 4. The van der Waals surface area contributed by atoms with E-state index in [0.29, 0.717) is 15.8 Å². The molecule has 1 atom stereocenters. The van der Waals surface area contributed by atoms with Crippen molar-refractivity contribution in [2.24, 2.45) is 0 Å². The van der Waals surface area contributed by atoms with Gasteiger partial charge in [-0.05, 0) is 18.2 Å². The highest BCUT2D eigenvalue weighted by atomic mass is 32.2. The number of methoxy groups -OCH3 is 1. The minimum Gasteiger partial charge on any atom is -0.469 e. The molecule has 18 heavy (non-hydrogen) atoms. The highest BCUT2D eigenvalue weighted by Gasteiger charge is 2.32. The van der Waals surface area contributed by atoms with E-state index in [2.05, 4.69) is 4.74 Å². The van der Waals surface area contributed by atoms with Gasteiger partial charge in [0.1, 0.15) is 10.1 Å². The van der Waals surface area contributed by atoms with Crippen LogP contribution in [0.3, 0.4) is 0 Å². The summed E-state index contributed by atoms with van der Waals surface area (Å²) < 4.78 is 18.6. The second kappa shape index (κ2) is 5.67. The Labute approximate surface area is 114 Å². The van der Waals surface area contributed by atoms with Crippen LogP contribution in [0.25, 0.3) is 0 Å². The molecule has 1 unspecified atom stereocenters. The lowest BCUT2D eigenvalue weighted by Crippen LogP contribution is -2.35. The largest absolute Gasteiger partial charge is 0.469 e. The quantitative estimate of drug-likeness (QED) is 0.629. The Bertz CT molecular complexity index is 481. The van der Waals surface area contributed by atoms with E-state index in [4.69, 9.17) is 12.2 Å². The van der Waals surface area contributed by atoms with Crippen molar-refractivity contribution in [1.82, 2.24) is 0 Å². The van der Waals surface area contributed by atoms with E-state index in [0.717, 1.165) is 0 Å². The molecular formula is C12H12FNO2S2. The fourth-order valence-electron chi connectivity index (χ4n) is 1.83. The zero-order valence-electron chi connectivity index (χ0n) is 9.76. The average Bonchev–Trinajstić information content (AvgIpc) is 2.70. The molecule has 1 aliphatic heterocycles. The zero-order valence-corrected chi connectivity index (χ0v) is 11.4. The molecule has 1 saturated heterocycles. The normalized spacial score (nSPS) is 19.1. The Kier molecular flexibility index (Phi) is 4.19. The molecule has 2 rings (SSSR count). The molecule has 1 heterocycles. The Hall–Kier alpha value is -1.14. The summed E-state index contributed by atoms with van der Waals surface area (Å²) in [6.07, 6.45) is 0.250. The highest BCUT2D eigenvalue weighted by Crippen LogP contribution is 2.32. The lowest BCUT2D eigenvalue weighted by molar-refractivity contribution is -0.140. The summed E-state index contributed by atoms with van der Waals surface area (Å²) in [6.45, 7) is 0. The Morgan fingerprint density at radius 3 is 3.11 bits per heavy atom. The van der Waals surface area contributed by atoms with Gasteiger partial charge in [-0.25, -0.2) is 4.39 Å². The first-order valence-electron chi connectivity index (χ1n) is 5.40. The number of ether oxygens (including phenoxy) is 1. The maximum Gasteiger partial charge on any atom is 0.307 e. The average molecular weight is 285 g/mol. The SMILES string of the molecule is COC(=O)CC1CSC(=S)N1c1cccc(F)c1. The first-order chi connectivity index (χ1) is 8.61. The van der Waals surface area contributed by atoms with Crippen LogP contribution >= 0.6 is 24.0 Å². The number of carbonyl (C=O) groups is 1. The number of esters is 1. The van der Waals surface area contributed by atoms with Gasteiger partial charge in [-0.2, -0.15) is 0 Å². The van der Waals surface area contributed by atoms with Gasteiger partial charge < -0.3 is 9.64 Å². The van der Waals surface area contributed by atoms with E-state index in [-0.39, 0.29) is 24.2 Å². The smallest absolute Gasteiger partial charge is 0.307 e. The topological polar surface area (TPSA) is 29.5 Å². The van der Waals surface area contributed by atoms with Crippen molar-refractivity contribution >= 4 is 40.0 Å². The summed E-state index contributed by atoms with van der Waals surface area (Å²) >= 11 is 6.74. The molecule has 1 aromatic carbocycles. The first kappa shape index (κ1) is 13.3. The highest BCUT2D eigenvalue weighted by molar-refractivity contribution is 8.23. The third kappa shape index (κ3) is 2.81. The fraction of sp³-hybridized carbons (Fsp3) is 0.333. The van der Waals surface area contributed by atoms with Gasteiger partial charge in [0.15, 0.2) is 0 Å². The van der Waals surface area contributed by atoms with Gasteiger partial charge in [0.05, 0.1) is 19.6 Å². The molecule has 0 bridgehead atoms. The molecule has 0 N–H and O–H groups in total. The third-order valence-electron chi connectivity index (χ3n) is 2.68. The van der Waals surface area contributed by atoms with E-state index < -0.39 is 0 Å². The van der Waals surface area contributed by atoms with Crippen LogP contribution < -0.4 is 4.90 Å². The molecule has 1 aromatic rings. The predicted octanol–water partition coefficient (Wildman–Crippen LogP) is 2.60. The molecule has 0 radical (unpaired) electrons. The van der Waals surface area contributed by atoms with Crippen LogP contribution in [-0.4, -0.2) is 29.2 Å². The lowest BCUT2D eigenvalue weighted by atomic mass is 10.2. The minimum atomic E-state index is -0.316. The van der Waals surface area contributed by atoms with Crippen molar-refractivity contribution in [2.75, 3.05) is 17.8 Å². The van der Waals surface area contributed by atoms with E-state index in [9.17, 15) is 9.18 Å². The number of nitrogens with zero attached hydrogens (tertiary/aromatic N) is 1. The monoisotopic (exact) mass is 285 g/mol. The fourth-order valence-corrected chi connectivity index (χ4v) is 3.28. The predicted molar refractivity (Wildman–Crippen MR) is 74.4 cm³/mol. The molecule has 0 spiro atoms. The molecule has 0 saturated carbocycles. The molecule has 6 heteroatoms. The summed E-state index contributed by atoms with van der Waals surface area (Å²) in [6, 6.07) is 6.14. The molecule has 0 amide bonds. The van der Waals surface area contributed by atoms with Crippen LogP contribution in [0.2, 0.25) is 0 Å². The Morgan fingerprint density at radius 1 is 1.67 bits per heavy atom. The number of halogens is 1. The number of benzene rings is 1. The molecule has 1 aliphatic rings. The number of hydrogen-bond donors (Lipinski definition) is 0. The van der Waals surface area contributed by atoms with Crippen LogP contribution in [0.5, 0.6) is 0 Å².